The van der Waals surface area contributed by atoms with Gasteiger partial charge in [-0.05, 0) is 24.1 Å². The van der Waals surface area contributed by atoms with Crippen molar-refractivity contribution < 1.29 is 4.39 Å². The van der Waals surface area contributed by atoms with Crippen LogP contribution in [0, 0.1) is 5.82 Å². The average molecular weight is 354 g/mol. The SMILES string of the molecule is CCCC1=C(Cn2ccnc2-c2ncccc2F)N=CN2NC(N)=NC12. The molecule has 1 unspecified atom stereocenters. The molecule has 0 aliphatic carbocycles. The molecule has 1 atom stereocenters. The molecule has 9 heteroatoms. The smallest absolute Gasteiger partial charge is 0.210 e. The minimum atomic E-state index is -0.404. The highest BCUT2D eigenvalue weighted by molar-refractivity contribution is 5.82. The highest BCUT2D eigenvalue weighted by Crippen LogP contribution is 2.28. The summed E-state index contributed by atoms with van der Waals surface area (Å²) in [7, 11) is 0. The van der Waals surface area contributed by atoms with Crippen LogP contribution in [0.5, 0.6) is 0 Å². The van der Waals surface area contributed by atoms with Gasteiger partial charge < -0.3 is 10.3 Å². The zero-order chi connectivity index (χ0) is 18.1. The number of hydrogen-bond donors (Lipinski definition) is 2. The van der Waals surface area contributed by atoms with E-state index in [4.69, 9.17) is 5.73 Å². The molecule has 2 aromatic rings. The summed E-state index contributed by atoms with van der Waals surface area (Å²) in [5, 5.41) is 1.79. The molecule has 0 amide bonds. The predicted molar refractivity (Wildman–Crippen MR) is 96.2 cm³/mol. The van der Waals surface area contributed by atoms with Gasteiger partial charge in [0, 0.05) is 18.6 Å². The summed E-state index contributed by atoms with van der Waals surface area (Å²) < 4.78 is 16.0. The van der Waals surface area contributed by atoms with Crippen molar-refractivity contribution in [2.45, 2.75) is 32.5 Å². The van der Waals surface area contributed by atoms with E-state index in [1.54, 1.807) is 36.0 Å². The lowest BCUT2D eigenvalue weighted by Crippen LogP contribution is -2.44. The van der Waals surface area contributed by atoms with E-state index in [0.29, 0.717) is 18.3 Å². The number of halogens is 1. The molecule has 0 saturated carbocycles. The van der Waals surface area contributed by atoms with E-state index in [9.17, 15) is 4.39 Å². The summed E-state index contributed by atoms with van der Waals surface area (Å²) in [4.78, 5) is 17.4. The average Bonchev–Trinajstić information content (AvgIpc) is 3.23. The van der Waals surface area contributed by atoms with Crippen LogP contribution in [0.3, 0.4) is 0 Å². The van der Waals surface area contributed by atoms with E-state index >= 15 is 0 Å². The van der Waals surface area contributed by atoms with Gasteiger partial charge in [0.25, 0.3) is 0 Å². The fraction of sp³-hybridized carbons (Fsp3) is 0.294. The Kier molecular flexibility index (Phi) is 4.11. The third-order valence-electron chi connectivity index (χ3n) is 4.31. The molecule has 4 heterocycles. The van der Waals surface area contributed by atoms with Crippen molar-refractivity contribution in [1.82, 2.24) is 25.0 Å². The number of aromatic nitrogens is 3. The van der Waals surface area contributed by atoms with Gasteiger partial charge in [-0.2, -0.15) is 0 Å². The lowest BCUT2D eigenvalue weighted by molar-refractivity contribution is 0.341. The standard InChI is InChI=1S/C17H19FN8/c1-2-4-11-13(22-10-26-15(11)23-17(19)24-26)9-25-8-7-21-16(25)14-12(18)5-3-6-20-14/h3,5-8,10,15H,2,4,9H2,1H3,(H3,19,23,24). The van der Waals surface area contributed by atoms with E-state index in [1.807, 2.05) is 4.57 Å². The number of guanidine groups is 1. The largest absolute Gasteiger partial charge is 0.368 e. The van der Waals surface area contributed by atoms with Crippen molar-refractivity contribution in [3.63, 3.8) is 0 Å². The Bertz CT molecular complexity index is 913. The van der Waals surface area contributed by atoms with Gasteiger partial charge in [-0.25, -0.2) is 29.4 Å². The van der Waals surface area contributed by atoms with Gasteiger partial charge in [-0.1, -0.05) is 13.3 Å². The fourth-order valence-corrected chi connectivity index (χ4v) is 3.17. The second kappa shape index (κ2) is 6.58. The highest BCUT2D eigenvalue weighted by atomic mass is 19.1. The van der Waals surface area contributed by atoms with Crippen molar-refractivity contribution in [3.8, 4) is 11.5 Å². The molecule has 0 aromatic carbocycles. The second-order valence-electron chi connectivity index (χ2n) is 6.09. The molecule has 26 heavy (non-hydrogen) atoms. The molecule has 0 spiro atoms. The van der Waals surface area contributed by atoms with Crippen molar-refractivity contribution in [3.05, 3.63) is 47.8 Å². The molecule has 8 nitrogen and oxygen atoms in total. The van der Waals surface area contributed by atoms with Crippen LogP contribution in [0.15, 0.2) is 52.0 Å². The lowest BCUT2D eigenvalue weighted by atomic mass is 10.0. The lowest BCUT2D eigenvalue weighted by Gasteiger charge is -2.28. The maximum atomic E-state index is 14.1. The van der Waals surface area contributed by atoms with Gasteiger partial charge in [-0.15, -0.1) is 0 Å². The van der Waals surface area contributed by atoms with Crippen LogP contribution in [0.4, 0.5) is 4.39 Å². The second-order valence-corrected chi connectivity index (χ2v) is 6.09. The Morgan fingerprint density at radius 2 is 2.19 bits per heavy atom. The first-order valence-electron chi connectivity index (χ1n) is 8.43. The van der Waals surface area contributed by atoms with Crippen LogP contribution in [0.25, 0.3) is 11.5 Å². The van der Waals surface area contributed by atoms with E-state index in [2.05, 4.69) is 32.3 Å². The first-order valence-corrected chi connectivity index (χ1v) is 8.43. The van der Waals surface area contributed by atoms with Gasteiger partial charge in [0.05, 0.1) is 12.2 Å². The number of nitrogens with two attached hydrogens (primary N) is 1. The molecule has 0 bridgehead atoms. The van der Waals surface area contributed by atoms with Gasteiger partial charge in [0.1, 0.15) is 12.0 Å². The van der Waals surface area contributed by atoms with Crippen molar-refractivity contribution >= 4 is 12.3 Å². The third kappa shape index (κ3) is 2.81. The minimum absolute atomic E-state index is 0.194. The third-order valence-corrected chi connectivity index (χ3v) is 4.31. The zero-order valence-electron chi connectivity index (χ0n) is 14.3. The topological polar surface area (TPSA) is 96.7 Å². The van der Waals surface area contributed by atoms with Crippen LogP contribution in [-0.4, -0.2) is 38.0 Å². The molecule has 0 saturated heterocycles. The summed E-state index contributed by atoms with van der Waals surface area (Å²) in [6, 6.07) is 2.94. The number of hydrazine groups is 1. The highest BCUT2D eigenvalue weighted by Gasteiger charge is 2.31. The van der Waals surface area contributed by atoms with Crippen molar-refractivity contribution in [1.29, 1.82) is 0 Å². The fourth-order valence-electron chi connectivity index (χ4n) is 3.17. The molecule has 134 valence electrons. The Balaban J connectivity index is 1.70. The van der Waals surface area contributed by atoms with Gasteiger partial charge >= 0.3 is 0 Å². The van der Waals surface area contributed by atoms with Crippen LogP contribution >= 0.6 is 0 Å². The number of imidazole rings is 1. The maximum absolute atomic E-state index is 14.1. The van der Waals surface area contributed by atoms with Gasteiger partial charge in [-0.3, -0.25) is 5.43 Å². The van der Waals surface area contributed by atoms with Crippen LogP contribution in [0.1, 0.15) is 19.8 Å². The first kappa shape index (κ1) is 16.2. The molecule has 4 rings (SSSR count). The van der Waals surface area contributed by atoms with E-state index < -0.39 is 5.82 Å². The Morgan fingerprint density at radius 1 is 1.31 bits per heavy atom. The molecule has 2 aromatic heterocycles. The maximum Gasteiger partial charge on any atom is 0.210 e. The molecular formula is C17H19FN8. The number of nitrogens with one attached hydrogen (secondary N) is 1. The number of allylic oxidation sites excluding steroid dienone is 1. The summed E-state index contributed by atoms with van der Waals surface area (Å²) in [6.07, 6.45) is 8.27. The number of nitrogens with zero attached hydrogens (tertiary/aromatic N) is 6. The van der Waals surface area contributed by atoms with Crippen LogP contribution in [0.2, 0.25) is 0 Å². The molecule has 2 aliphatic heterocycles. The molecule has 2 aliphatic rings. The normalized spacial score (nSPS) is 18.8. The molecule has 3 N–H and O–H groups in total. The van der Waals surface area contributed by atoms with Gasteiger partial charge in [0.2, 0.25) is 5.96 Å². The van der Waals surface area contributed by atoms with E-state index in [-0.39, 0.29) is 11.9 Å². The first-order chi connectivity index (χ1) is 12.7. The zero-order valence-corrected chi connectivity index (χ0v) is 14.3. The summed E-state index contributed by atoms with van der Waals surface area (Å²) in [5.41, 5.74) is 11.0. The van der Waals surface area contributed by atoms with Gasteiger partial charge in [0.15, 0.2) is 17.8 Å². The number of pyridine rings is 1. The molecule has 0 radical (unpaired) electrons. The Morgan fingerprint density at radius 3 is 3.00 bits per heavy atom. The van der Waals surface area contributed by atoms with Crippen molar-refractivity contribution in [2.24, 2.45) is 15.7 Å². The van der Waals surface area contributed by atoms with E-state index in [1.165, 1.54) is 6.07 Å². The Labute approximate surface area is 150 Å². The molecular weight excluding hydrogens is 335 g/mol. The monoisotopic (exact) mass is 354 g/mol. The number of fused-ring (bicyclic) bond motifs is 1. The van der Waals surface area contributed by atoms with Crippen molar-refractivity contribution in [2.75, 3.05) is 0 Å². The predicted octanol–water partition coefficient (Wildman–Crippen LogP) is 1.64. The number of hydrogen-bond acceptors (Lipinski definition) is 7. The number of aliphatic imine (C=N–C) groups is 2. The molecule has 0 fully saturated rings. The van der Waals surface area contributed by atoms with Crippen LogP contribution in [-0.2, 0) is 6.54 Å². The number of rotatable bonds is 5. The summed E-state index contributed by atoms with van der Waals surface area (Å²) in [6.45, 7) is 2.56. The minimum Gasteiger partial charge on any atom is -0.368 e. The van der Waals surface area contributed by atoms with E-state index in [0.717, 1.165) is 24.1 Å². The van der Waals surface area contributed by atoms with Crippen LogP contribution < -0.4 is 11.2 Å². The summed E-state index contributed by atoms with van der Waals surface area (Å²) >= 11 is 0. The quantitative estimate of drug-likeness (QED) is 0.851. The Hall–Kier alpha value is -3.23. The summed E-state index contributed by atoms with van der Waals surface area (Å²) in [5.74, 6) is 0.435.